The summed E-state index contributed by atoms with van der Waals surface area (Å²) in [7, 11) is 1.81. The number of thiazole rings is 1. The van der Waals surface area contributed by atoms with Crippen molar-refractivity contribution >= 4 is 16.5 Å². The first kappa shape index (κ1) is 14.8. The predicted molar refractivity (Wildman–Crippen MR) is 81.0 cm³/mol. The van der Waals surface area contributed by atoms with Gasteiger partial charge in [0.25, 0.3) is 0 Å². The van der Waals surface area contributed by atoms with Gasteiger partial charge < -0.3 is 15.0 Å². The molecule has 0 aromatic carbocycles. The molecule has 1 heterocycles. The smallest absolute Gasteiger partial charge is 0.185 e. The minimum atomic E-state index is 0.449. The summed E-state index contributed by atoms with van der Waals surface area (Å²) >= 11 is 1.80. The lowest BCUT2D eigenvalue weighted by molar-refractivity contribution is 0.107. The number of rotatable bonds is 7. The number of hydrogen-bond acceptors (Lipinski definition) is 5. The van der Waals surface area contributed by atoms with Crippen LogP contribution in [-0.4, -0.2) is 37.3 Å². The van der Waals surface area contributed by atoms with Gasteiger partial charge in [-0.1, -0.05) is 0 Å². The lowest BCUT2D eigenvalue weighted by Crippen LogP contribution is -2.26. The molecule has 0 spiro atoms. The largest absolute Gasteiger partial charge is 0.381 e. The van der Waals surface area contributed by atoms with Gasteiger partial charge in [-0.15, -0.1) is 11.3 Å². The highest BCUT2D eigenvalue weighted by molar-refractivity contribution is 7.15. The summed E-state index contributed by atoms with van der Waals surface area (Å²) in [6.45, 7) is 7.32. The van der Waals surface area contributed by atoms with Crippen LogP contribution in [0.3, 0.4) is 0 Å². The van der Waals surface area contributed by atoms with Crippen LogP contribution in [0.2, 0.25) is 0 Å². The summed E-state index contributed by atoms with van der Waals surface area (Å²) in [5, 5.41) is 4.76. The van der Waals surface area contributed by atoms with Crippen molar-refractivity contribution in [1.82, 2.24) is 10.3 Å². The summed E-state index contributed by atoms with van der Waals surface area (Å²) in [4.78, 5) is 8.13. The average molecular weight is 283 g/mol. The number of ether oxygens (including phenoxy) is 1. The quantitative estimate of drug-likeness (QED) is 0.835. The Morgan fingerprint density at radius 3 is 2.84 bits per heavy atom. The monoisotopic (exact) mass is 283 g/mol. The summed E-state index contributed by atoms with van der Waals surface area (Å²) in [5.74, 6) is 0. The van der Waals surface area contributed by atoms with Crippen molar-refractivity contribution in [2.75, 3.05) is 25.1 Å². The Balaban J connectivity index is 1.80. The Hall–Kier alpha value is -0.650. The second-order valence-corrected chi connectivity index (χ2v) is 6.12. The molecule has 1 fully saturated rings. The van der Waals surface area contributed by atoms with Crippen LogP contribution in [-0.2, 0) is 11.3 Å². The Morgan fingerprint density at radius 1 is 1.42 bits per heavy atom. The highest BCUT2D eigenvalue weighted by atomic mass is 32.1. The second kappa shape index (κ2) is 7.22. The van der Waals surface area contributed by atoms with Crippen molar-refractivity contribution < 1.29 is 4.74 Å². The highest BCUT2D eigenvalue weighted by Gasteiger charge is 2.23. The fourth-order valence-corrected chi connectivity index (χ4v) is 3.59. The molecule has 0 radical (unpaired) electrons. The van der Waals surface area contributed by atoms with Crippen LogP contribution >= 0.6 is 11.3 Å². The van der Waals surface area contributed by atoms with Crippen molar-refractivity contribution in [2.45, 2.75) is 51.8 Å². The number of anilines is 1. The first-order valence-electron chi connectivity index (χ1n) is 7.22. The van der Waals surface area contributed by atoms with E-state index >= 15 is 0 Å². The topological polar surface area (TPSA) is 37.4 Å². The zero-order valence-corrected chi connectivity index (χ0v) is 13.0. The number of nitrogens with one attached hydrogen (secondary N) is 1. The van der Waals surface area contributed by atoms with Crippen LogP contribution in [0.25, 0.3) is 0 Å². The number of hydrogen-bond donors (Lipinski definition) is 1. The van der Waals surface area contributed by atoms with E-state index in [9.17, 15) is 0 Å². The molecule has 1 N–H and O–H groups in total. The van der Waals surface area contributed by atoms with Gasteiger partial charge in [0.2, 0.25) is 0 Å². The molecule has 1 aromatic rings. The summed E-state index contributed by atoms with van der Waals surface area (Å²) in [6.07, 6.45) is 6.00. The Labute approximate surface area is 120 Å². The van der Waals surface area contributed by atoms with Crippen LogP contribution in [0, 0.1) is 0 Å². The lowest BCUT2D eigenvalue weighted by atomic mass is 10.2. The maximum atomic E-state index is 5.40. The average Bonchev–Trinajstić information content (AvgIpc) is 3.06. The third-order valence-corrected chi connectivity index (χ3v) is 4.92. The molecule has 2 rings (SSSR count). The molecule has 2 unspecified atom stereocenters. The van der Waals surface area contributed by atoms with E-state index in [0.29, 0.717) is 12.1 Å². The maximum Gasteiger partial charge on any atom is 0.185 e. The zero-order chi connectivity index (χ0) is 13.7. The van der Waals surface area contributed by atoms with E-state index < -0.39 is 0 Å². The molecule has 1 aromatic heterocycles. The van der Waals surface area contributed by atoms with Crippen LogP contribution in [0.4, 0.5) is 5.13 Å². The van der Waals surface area contributed by atoms with Crippen molar-refractivity contribution in [3.8, 4) is 0 Å². The molecular formula is C14H25N3OS. The molecule has 0 amide bonds. The van der Waals surface area contributed by atoms with Gasteiger partial charge in [-0.25, -0.2) is 4.98 Å². The maximum absolute atomic E-state index is 5.40. The number of nitrogens with zero attached hydrogens (tertiary/aromatic N) is 2. The normalized spacial score (nSPS) is 22.9. The molecule has 5 heteroatoms. The minimum absolute atomic E-state index is 0.449. The Bertz CT molecular complexity index is 379. The third-order valence-electron chi connectivity index (χ3n) is 3.86. The van der Waals surface area contributed by atoms with E-state index in [-0.39, 0.29) is 0 Å². The van der Waals surface area contributed by atoms with Crippen LogP contribution in [0.15, 0.2) is 6.20 Å². The molecule has 1 aliphatic carbocycles. The van der Waals surface area contributed by atoms with Gasteiger partial charge >= 0.3 is 0 Å². The number of aromatic nitrogens is 1. The highest BCUT2D eigenvalue weighted by Crippen LogP contribution is 2.24. The fraction of sp³-hybridized carbons (Fsp3) is 0.786. The van der Waals surface area contributed by atoms with Crippen LogP contribution in [0.1, 0.15) is 38.0 Å². The van der Waals surface area contributed by atoms with Gasteiger partial charge in [-0.05, 0) is 33.1 Å². The molecular weight excluding hydrogens is 258 g/mol. The summed E-state index contributed by atoms with van der Waals surface area (Å²) in [5.41, 5.74) is 0. The summed E-state index contributed by atoms with van der Waals surface area (Å²) < 4.78 is 5.40. The fourth-order valence-electron chi connectivity index (χ4n) is 2.60. The molecule has 1 saturated carbocycles. The standard InChI is InChI=1S/C14H25N3OS/c1-4-17(5-2)14-16-10-13(19-14)9-15-11-6-7-12(8-11)18-3/h10-12,15H,4-9H2,1-3H3. The molecule has 108 valence electrons. The molecule has 4 nitrogen and oxygen atoms in total. The summed E-state index contributed by atoms with van der Waals surface area (Å²) in [6, 6.07) is 0.601. The molecule has 2 atom stereocenters. The first-order valence-corrected chi connectivity index (χ1v) is 8.04. The Morgan fingerprint density at radius 2 is 2.21 bits per heavy atom. The SMILES string of the molecule is CCN(CC)c1ncc(CNC2CCC(OC)C2)s1. The second-order valence-electron chi connectivity index (χ2n) is 5.03. The van der Waals surface area contributed by atoms with Gasteiger partial charge in [0.05, 0.1) is 6.10 Å². The zero-order valence-electron chi connectivity index (χ0n) is 12.2. The van der Waals surface area contributed by atoms with E-state index in [1.165, 1.54) is 17.7 Å². The predicted octanol–water partition coefficient (Wildman–Crippen LogP) is 2.65. The van der Waals surface area contributed by atoms with E-state index in [2.05, 4.69) is 29.0 Å². The van der Waals surface area contributed by atoms with Crippen LogP contribution < -0.4 is 10.2 Å². The van der Waals surface area contributed by atoms with E-state index in [4.69, 9.17) is 4.74 Å². The lowest BCUT2D eigenvalue weighted by Gasteiger charge is -2.16. The van der Waals surface area contributed by atoms with Crippen molar-refractivity contribution in [3.63, 3.8) is 0 Å². The van der Waals surface area contributed by atoms with E-state index in [1.807, 2.05) is 13.3 Å². The van der Waals surface area contributed by atoms with Crippen LogP contribution in [0.5, 0.6) is 0 Å². The van der Waals surface area contributed by atoms with Crippen molar-refractivity contribution in [3.05, 3.63) is 11.1 Å². The van der Waals surface area contributed by atoms with E-state index in [0.717, 1.165) is 31.2 Å². The van der Waals surface area contributed by atoms with Gasteiger partial charge in [-0.2, -0.15) is 0 Å². The first-order chi connectivity index (χ1) is 9.26. The van der Waals surface area contributed by atoms with Gasteiger partial charge in [0.15, 0.2) is 5.13 Å². The third kappa shape index (κ3) is 3.91. The molecule has 0 saturated heterocycles. The van der Waals surface area contributed by atoms with Crippen molar-refractivity contribution in [1.29, 1.82) is 0 Å². The number of methoxy groups -OCH3 is 1. The van der Waals surface area contributed by atoms with Gasteiger partial charge in [0, 0.05) is 43.9 Å². The van der Waals surface area contributed by atoms with Gasteiger partial charge in [-0.3, -0.25) is 0 Å². The van der Waals surface area contributed by atoms with Gasteiger partial charge in [0.1, 0.15) is 0 Å². The molecule has 1 aliphatic rings. The molecule has 0 aliphatic heterocycles. The Kier molecular flexibility index (Phi) is 5.60. The van der Waals surface area contributed by atoms with Crippen molar-refractivity contribution in [2.24, 2.45) is 0 Å². The van der Waals surface area contributed by atoms with E-state index in [1.54, 1.807) is 11.3 Å². The molecule has 19 heavy (non-hydrogen) atoms. The minimum Gasteiger partial charge on any atom is -0.381 e. The molecule has 0 bridgehead atoms.